The minimum atomic E-state index is -3.61. The average Bonchev–Trinajstić information content (AvgIpc) is 2.46. The van der Waals surface area contributed by atoms with Crippen LogP contribution in [-0.2, 0) is 10.0 Å². The Balaban J connectivity index is 2.26. The standard InChI is InChI=1S/C11H15BrN4O3S/c12-9-4-10(6-14-5-9)20(18,19)16-3-1-2-8(7-16)11(13)15-17/h4-6,8,17H,1-3,7H2,(H2,13,15). The number of oxime groups is 1. The van der Waals surface area contributed by atoms with Crippen LogP contribution in [0.1, 0.15) is 12.8 Å². The Bertz CT molecular complexity index is 620. The number of pyridine rings is 1. The fraction of sp³-hybridized carbons (Fsp3) is 0.455. The first kappa shape index (κ1) is 15.2. The van der Waals surface area contributed by atoms with Crippen molar-refractivity contribution >= 4 is 31.8 Å². The minimum Gasteiger partial charge on any atom is -0.409 e. The van der Waals surface area contributed by atoms with Gasteiger partial charge in [-0.05, 0) is 34.8 Å². The number of nitrogens with two attached hydrogens (primary N) is 1. The zero-order valence-corrected chi connectivity index (χ0v) is 13.0. The summed E-state index contributed by atoms with van der Waals surface area (Å²) in [5.41, 5.74) is 5.57. The summed E-state index contributed by atoms with van der Waals surface area (Å²) in [6, 6.07) is 1.51. The number of hydrogen-bond acceptors (Lipinski definition) is 5. The first-order valence-electron chi connectivity index (χ1n) is 6.03. The van der Waals surface area contributed by atoms with Gasteiger partial charge in [-0.25, -0.2) is 8.42 Å². The molecule has 110 valence electrons. The quantitative estimate of drug-likeness (QED) is 0.360. The summed E-state index contributed by atoms with van der Waals surface area (Å²) < 4.78 is 27.0. The van der Waals surface area contributed by atoms with Gasteiger partial charge in [-0.15, -0.1) is 0 Å². The number of halogens is 1. The van der Waals surface area contributed by atoms with Crippen LogP contribution in [0.3, 0.4) is 0 Å². The zero-order chi connectivity index (χ0) is 14.8. The highest BCUT2D eigenvalue weighted by Crippen LogP contribution is 2.24. The monoisotopic (exact) mass is 362 g/mol. The van der Waals surface area contributed by atoms with Crippen LogP contribution in [0, 0.1) is 5.92 Å². The van der Waals surface area contributed by atoms with Gasteiger partial charge < -0.3 is 10.9 Å². The van der Waals surface area contributed by atoms with Gasteiger partial charge in [0.25, 0.3) is 0 Å². The molecule has 2 rings (SSSR count). The number of aromatic nitrogens is 1. The highest BCUT2D eigenvalue weighted by Gasteiger charge is 2.32. The third-order valence-corrected chi connectivity index (χ3v) is 5.50. The van der Waals surface area contributed by atoms with Crippen molar-refractivity contribution in [1.29, 1.82) is 0 Å². The summed E-state index contributed by atoms with van der Waals surface area (Å²) in [5.74, 6) is -0.194. The molecule has 0 saturated carbocycles. The average molecular weight is 363 g/mol. The van der Waals surface area contributed by atoms with Crippen molar-refractivity contribution in [2.75, 3.05) is 13.1 Å². The Labute approximate surface area is 125 Å². The van der Waals surface area contributed by atoms with Gasteiger partial charge in [-0.3, -0.25) is 4.98 Å². The summed E-state index contributed by atoms with van der Waals surface area (Å²) in [4.78, 5) is 4.01. The van der Waals surface area contributed by atoms with Crippen molar-refractivity contribution in [3.8, 4) is 0 Å². The van der Waals surface area contributed by atoms with E-state index in [1.165, 1.54) is 22.8 Å². The molecule has 1 aromatic heterocycles. The highest BCUT2D eigenvalue weighted by molar-refractivity contribution is 9.10. The van der Waals surface area contributed by atoms with Gasteiger partial charge in [-0.2, -0.15) is 4.31 Å². The predicted molar refractivity (Wildman–Crippen MR) is 76.8 cm³/mol. The lowest BCUT2D eigenvalue weighted by molar-refractivity contribution is 0.287. The van der Waals surface area contributed by atoms with Crippen LogP contribution in [-0.4, -0.2) is 41.8 Å². The normalized spacial score (nSPS) is 21.9. The molecule has 1 aromatic rings. The van der Waals surface area contributed by atoms with Gasteiger partial charge in [-0.1, -0.05) is 5.16 Å². The van der Waals surface area contributed by atoms with E-state index in [9.17, 15) is 8.42 Å². The van der Waals surface area contributed by atoms with Gasteiger partial charge >= 0.3 is 0 Å². The van der Waals surface area contributed by atoms with Crippen molar-refractivity contribution in [3.63, 3.8) is 0 Å². The molecule has 1 fully saturated rings. The first-order chi connectivity index (χ1) is 9.45. The van der Waals surface area contributed by atoms with Crippen LogP contribution in [0.4, 0.5) is 0 Å². The topological polar surface area (TPSA) is 109 Å². The maximum Gasteiger partial charge on any atom is 0.244 e. The lowest BCUT2D eigenvalue weighted by Gasteiger charge is -2.31. The first-order valence-corrected chi connectivity index (χ1v) is 8.26. The molecule has 1 aliphatic rings. The Morgan fingerprint density at radius 1 is 1.55 bits per heavy atom. The van der Waals surface area contributed by atoms with Crippen LogP contribution < -0.4 is 5.73 Å². The van der Waals surface area contributed by atoms with Crippen molar-refractivity contribution in [2.24, 2.45) is 16.8 Å². The zero-order valence-electron chi connectivity index (χ0n) is 10.6. The molecule has 9 heteroatoms. The molecule has 20 heavy (non-hydrogen) atoms. The van der Waals surface area contributed by atoms with Gasteiger partial charge in [0.15, 0.2) is 0 Å². The number of piperidine rings is 1. The van der Waals surface area contributed by atoms with Crippen LogP contribution in [0.2, 0.25) is 0 Å². The largest absolute Gasteiger partial charge is 0.409 e. The van der Waals surface area contributed by atoms with E-state index in [4.69, 9.17) is 10.9 Å². The number of hydrogen-bond donors (Lipinski definition) is 2. The number of nitrogens with zero attached hydrogens (tertiary/aromatic N) is 3. The highest BCUT2D eigenvalue weighted by atomic mass is 79.9. The molecule has 0 aliphatic carbocycles. The maximum absolute atomic E-state index is 12.5. The lowest BCUT2D eigenvalue weighted by atomic mass is 9.99. The Kier molecular flexibility index (Phi) is 4.61. The molecule has 1 unspecified atom stereocenters. The fourth-order valence-corrected chi connectivity index (χ4v) is 4.20. The molecule has 3 N–H and O–H groups in total. The van der Waals surface area contributed by atoms with Crippen molar-refractivity contribution in [1.82, 2.24) is 9.29 Å². The Hall–Kier alpha value is -1.19. The molecule has 1 aliphatic heterocycles. The van der Waals surface area contributed by atoms with Crippen molar-refractivity contribution in [3.05, 3.63) is 22.9 Å². The lowest BCUT2D eigenvalue weighted by Crippen LogP contribution is -2.44. The van der Waals surface area contributed by atoms with Gasteiger partial charge in [0.2, 0.25) is 10.0 Å². The summed E-state index contributed by atoms with van der Waals surface area (Å²) in [6.45, 7) is 0.634. The van der Waals surface area contributed by atoms with E-state index in [1.54, 1.807) is 0 Å². The van der Waals surface area contributed by atoms with E-state index in [0.717, 1.165) is 0 Å². The fourth-order valence-electron chi connectivity index (χ4n) is 2.17. The number of amidine groups is 1. The third kappa shape index (κ3) is 3.10. The molecule has 0 bridgehead atoms. The smallest absolute Gasteiger partial charge is 0.244 e. The van der Waals surface area contributed by atoms with Crippen LogP contribution >= 0.6 is 15.9 Å². The second-order valence-corrected chi connectivity index (χ2v) is 7.42. The number of sulfonamides is 1. The molecule has 1 atom stereocenters. The Morgan fingerprint density at radius 2 is 2.30 bits per heavy atom. The maximum atomic E-state index is 12.5. The van der Waals surface area contributed by atoms with Crippen molar-refractivity contribution in [2.45, 2.75) is 17.7 Å². The van der Waals surface area contributed by atoms with E-state index in [2.05, 4.69) is 26.1 Å². The molecular weight excluding hydrogens is 348 g/mol. The van der Waals surface area contributed by atoms with Crippen molar-refractivity contribution < 1.29 is 13.6 Å². The van der Waals surface area contributed by atoms with E-state index < -0.39 is 10.0 Å². The second kappa shape index (κ2) is 6.06. The van der Waals surface area contributed by atoms with E-state index >= 15 is 0 Å². The summed E-state index contributed by atoms with van der Waals surface area (Å²) >= 11 is 3.21. The summed E-state index contributed by atoms with van der Waals surface area (Å²) in [6.07, 6.45) is 4.21. The van der Waals surface area contributed by atoms with Gasteiger partial charge in [0.1, 0.15) is 10.7 Å². The third-order valence-electron chi connectivity index (χ3n) is 3.24. The van der Waals surface area contributed by atoms with Gasteiger partial charge in [0.05, 0.1) is 0 Å². The summed E-state index contributed by atoms with van der Waals surface area (Å²) in [7, 11) is -3.61. The molecule has 0 radical (unpaired) electrons. The molecular formula is C11H15BrN4O3S. The minimum absolute atomic E-state index is 0.0669. The van der Waals surface area contributed by atoms with E-state index in [1.807, 2.05) is 0 Å². The molecule has 0 aromatic carbocycles. The van der Waals surface area contributed by atoms with E-state index in [0.29, 0.717) is 23.9 Å². The SMILES string of the molecule is NC(=NO)C1CCCN(S(=O)(=O)c2cncc(Br)c2)C1. The molecule has 0 amide bonds. The molecule has 7 nitrogen and oxygen atoms in total. The summed E-state index contributed by atoms with van der Waals surface area (Å²) in [5, 5.41) is 11.7. The Morgan fingerprint density at radius 3 is 2.95 bits per heavy atom. The van der Waals surface area contributed by atoms with E-state index in [-0.39, 0.29) is 23.2 Å². The van der Waals surface area contributed by atoms with Gasteiger partial charge in [0, 0.05) is 35.9 Å². The second-order valence-electron chi connectivity index (χ2n) is 4.57. The molecule has 0 spiro atoms. The number of rotatable bonds is 3. The predicted octanol–water partition coefficient (Wildman–Crippen LogP) is 0.991. The van der Waals surface area contributed by atoms with Crippen LogP contribution in [0.25, 0.3) is 0 Å². The van der Waals surface area contributed by atoms with Crippen LogP contribution in [0.5, 0.6) is 0 Å². The molecule has 2 heterocycles. The van der Waals surface area contributed by atoms with Crippen LogP contribution in [0.15, 0.2) is 33.0 Å². The molecule has 1 saturated heterocycles.